The first-order valence-corrected chi connectivity index (χ1v) is 20.1. The van der Waals surface area contributed by atoms with Crippen LogP contribution in [0, 0.1) is 5.92 Å². The van der Waals surface area contributed by atoms with Gasteiger partial charge in [0.2, 0.25) is 21.8 Å². The van der Waals surface area contributed by atoms with Gasteiger partial charge in [-0.1, -0.05) is 57.9 Å². The topological polar surface area (TPSA) is 173 Å². The quantitative estimate of drug-likeness (QED) is 0.286. The molecule has 51 heavy (non-hydrogen) atoms. The smallest absolute Gasteiger partial charge is 0.394 e. The molecule has 1 aromatic carbocycles. The van der Waals surface area contributed by atoms with E-state index in [1.807, 2.05) is 29.7 Å². The average molecular weight is 739 g/mol. The van der Waals surface area contributed by atoms with Crippen molar-refractivity contribution >= 4 is 55.3 Å². The molecule has 2 aromatic heterocycles. The summed E-state index contributed by atoms with van der Waals surface area (Å²) in [6, 6.07) is 5.57. The summed E-state index contributed by atoms with van der Waals surface area (Å²) in [7, 11) is -3.95. The number of benzene rings is 1. The number of oxazole rings is 1. The van der Waals surface area contributed by atoms with Crippen LogP contribution < -0.4 is 20.1 Å². The number of sulfonamides is 1. The summed E-state index contributed by atoms with van der Waals surface area (Å²) in [6.45, 7) is 7.93. The summed E-state index contributed by atoms with van der Waals surface area (Å²) in [5.74, 6) is -1.97. The highest BCUT2D eigenvalue weighted by molar-refractivity contribution is 7.91. The number of nitrogens with one attached hydrogen (secondary N) is 3. The number of aromatic nitrogens is 2. The van der Waals surface area contributed by atoms with Gasteiger partial charge in [0.05, 0.1) is 17.0 Å². The van der Waals surface area contributed by atoms with Crippen molar-refractivity contribution in [1.82, 2.24) is 24.9 Å². The number of fused-ring (bicyclic) bond motifs is 3. The molecule has 0 unspecified atom stereocenters. The first kappa shape index (κ1) is 35.4. The van der Waals surface area contributed by atoms with Gasteiger partial charge in [-0.2, -0.15) is 4.98 Å². The Morgan fingerprint density at radius 2 is 1.92 bits per heavy atom. The zero-order valence-corrected chi connectivity index (χ0v) is 31.1. The number of allylic oxidation sites excluding steroid dienone is 1. The number of nitrogens with zero attached hydrogens (tertiary/aromatic N) is 3. The fraction of sp³-hybridized carbons (Fsp3) is 0.583. The maximum Gasteiger partial charge on any atom is 0.394 e. The normalized spacial score (nSPS) is 28.2. The fourth-order valence-corrected chi connectivity index (χ4v) is 9.13. The van der Waals surface area contributed by atoms with E-state index < -0.39 is 50.3 Å². The molecule has 3 amide bonds. The van der Waals surface area contributed by atoms with Gasteiger partial charge in [-0.15, -0.1) is 11.3 Å². The van der Waals surface area contributed by atoms with Gasteiger partial charge in [0.15, 0.2) is 10.7 Å². The Kier molecular flexibility index (Phi) is 9.18. The summed E-state index contributed by atoms with van der Waals surface area (Å²) >= 11 is 1.44. The van der Waals surface area contributed by atoms with Crippen LogP contribution in [0.15, 0.2) is 46.2 Å². The van der Waals surface area contributed by atoms with Crippen LogP contribution in [0.1, 0.15) is 91.2 Å². The van der Waals surface area contributed by atoms with Crippen molar-refractivity contribution in [1.29, 1.82) is 0 Å². The number of hydrogen-bond donors (Lipinski definition) is 3. The largest absolute Gasteiger partial charge is 0.445 e. The molecule has 2 aliphatic carbocycles. The summed E-state index contributed by atoms with van der Waals surface area (Å²) < 4.78 is 39.5. The van der Waals surface area contributed by atoms with Crippen molar-refractivity contribution in [3.8, 4) is 6.08 Å². The van der Waals surface area contributed by atoms with Crippen molar-refractivity contribution < 1.29 is 32.0 Å². The molecule has 5 atom stereocenters. The SMILES string of the molecule is CC(C)(C)c1csc(N[C@H]2CCCCCC=C[C@@H]3C[C@@]3(C(=O)NS(=O)(=O)C3(C)CC3)NC(=O)[C@@H]3C[C@@H](Oc4nc5ccccc5o4)CN3C2=O)n1. The minimum atomic E-state index is -3.95. The Morgan fingerprint density at radius 3 is 2.65 bits per heavy atom. The first-order chi connectivity index (χ1) is 24.2. The lowest BCUT2D eigenvalue weighted by molar-refractivity contribution is -0.140. The Morgan fingerprint density at radius 1 is 1.14 bits per heavy atom. The van der Waals surface area contributed by atoms with Crippen LogP contribution in [0.25, 0.3) is 11.1 Å². The van der Waals surface area contributed by atoms with Crippen molar-refractivity contribution in [3.05, 3.63) is 47.5 Å². The van der Waals surface area contributed by atoms with Gasteiger partial charge in [-0.3, -0.25) is 19.1 Å². The third kappa shape index (κ3) is 7.24. The first-order valence-electron chi connectivity index (χ1n) is 17.8. The zero-order valence-electron chi connectivity index (χ0n) is 29.4. The van der Waals surface area contributed by atoms with E-state index in [2.05, 4.69) is 41.1 Å². The molecule has 7 rings (SSSR count). The number of carbonyl (C=O) groups excluding carboxylic acids is 3. The number of rotatable bonds is 7. The van der Waals surface area contributed by atoms with Crippen LogP contribution in [0.5, 0.6) is 6.08 Å². The lowest BCUT2D eigenvalue weighted by atomic mass is 9.93. The molecule has 13 nitrogen and oxygen atoms in total. The number of amides is 3. The third-order valence-corrected chi connectivity index (χ3v) is 13.5. The van der Waals surface area contributed by atoms with Crippen molar-refractivity contribution in [2.45, 2.75) is 119 Å². The zero-order chi connectivity index (χ0) is 36.2. The molecule has 4 aliphatic rings. The maximum absolute atomic E-state index is 14.6. The van der Waals surface area contributed by atoms with Crippen molar-refractivity contribution in [2.24, 2.45) is 5.92 Å². The molecule has 2 saturated carbocycles. The van der Waals surface area contributed by atoms with Gasteiger partial charge in [-0.25, -0.2) is 13.4 Å². The van der Waals surface area contributed by atoms with Crippen LogP contribution in [-0.4, -0.2) is 76.0 Å². The standard InChI is InChI=1S/C36H46N6O7S2/c1-34(2,3)28-21-50-32(39-28)37-25-14-9-7-5-6-8-12-22-19-36(22,31(45)41-51(46,47)35(4)16-17-35)40-29(43)26-18-23(20-42(26)30(25)44)48-33-38-24-13-10-11-15-27(24)49-33/h8,10-13,15,21-23,25-26H,5-7,9,14,16-20H2,1-4H3,(H,37,39)(H,40,43)(H,41,45)/t22-,23-,25+,26+,36-/m1/s1. The number of hydrogen-bond acceptors (Lipinski definition) is 11. The molecule has 15 heteroatoms. The van der Waals surface area contributed by atoms with Gasteiger partial charge in [0, 0.05) is 23.1 Å². The van der Waals surface area contributed by atoms with Gasteiger partial charge in [0.1, 0.15) is 29.2 Å². The monoisotopic (exact) mass is 738 g/mol. The lowest BCUT2D eigenvalue weighted by Gasteiger charge is -2.30. The Labute approximate surface area is 302 Å². The highest BCUT2D eigenvalue weighted by atomic mass is 32.2. The van der Waals surface area contributed by atoms with Crippen molar-refractivity contribution in [2.75, 3.05) is 11.9 Å². The molecule has 1 saturated heterocycles. The van der Waals surface area contributed by atoms with E-state index in [4.69, 9.17) is 14.1 Å². The van der Waals surface area contributed by atoms with Crippen molar-refractivity contribution in [3.63, 3.8) is 0 Å². The van der Waals surface area contributed by atoms with E-state index in [0.29, 0.717) is 35.5 Å². The summed E-state index contributed by atoms with van der Waals surface area (Å²) in [5, 5.41) is 8.92. The number of thiazole rings is 1. The molecular formula is C36H46N6O7S2. The van der Waals surface area contributed by atoms with Crippen LogP contribution >= 0.6 is 11.3 Å². The summed E-state index contributed by atoms with van der Waals surface area (Å²) in [4.78, 5) is 53.4. The predicted molar refractivity (Wildman–Crippen MR) is 193 cm³/mol. The number of anilines is 1. The third-order valence-electron chi connectivity index (χ3n) is 10.6. The molecule has 0 spiro atoms. The number of ether oxygens (including phenoxy) is 1. The van der Waals surface area contributed by atoms with E-state index in [0.717, 1.165) is 31.4 Å². The van der Waals surface area contributed by atoms with Gasteiger partial charge in [-0.05, 0) is 57.6 Å². The van der Waals surface area contributed by atoms with Gasteiger partial charge < -0.3 is 24.7 Å². The highest BCUT2D eigenvalue weighted by Gasteiger charge is 2.63. The Balaban J connectivity index is 1.18. The number of carbonyl (C=O) groups is 3. The fourth-order valence-electron chi connectivity index (χ4n) is 6.82. The highest BCUT2D eigenvalue weighted by Crippen LogP contribution is 2.47. The molecular weight excluding hydrogens is 693 g/mol. The predicted octanol–water partition coefficient (Wildman–Crippen LogP) is 4.80. The maximum atomic E-state index is 14.6. The average Bonchev–Trinajstić information content (AvgIpc) is 3.73. The Bertz CT molecular complexity index is 1930. The summed E-state index contributed by atoms with van der Waals surface area (Å²) in [5.41, 5.74) is 0.459. The van der Waals surface area contributed by atoms with Crippen LogP contribution in [0.4, 0.5) is 5.13 Å². The molecule has 2 aliphatic heterocycles. The van der Waals surface area contributed by atoms with E-state index in [1.165, 1.54) is 16.2 Å². The molecule has 3 fully saturated rings. The second kappa shape index (κ2) is 13.2. The molecule has 3 aromatic rings. The van der Waals surface area contributed by atoms with E-state index in [1.54, 1.807) is 19.1 Å². The molecule has 274 valence electrons. The van der Waals surface area contributed by atoms with Crippen LogP contribution in [-0.2, 0) is 29.8 Å². The lowest BCUT2D eigenvalue weighted by Crippen LogP contribution is -2.58. The van der Waals surface area contributed by atoms with Crippen LogP contribution in [0.2, 0.25) is 0 Å². The van der Waals surface area contributed by atoms with Crippen LogP contribution in [0.3, 0.4) is 0 Å². The molecule has 4 heterocycles. The molecule has 3 N–H and O–H groups in total. The minimum absolute atomic E-state index is 0.0333. The Hall–Kier alpha value is -3.98. The molecule has 0 radical (unpaired) electrons. The van der Waals surface area contributed by atoms with E-state index >= 15 is 0 Å². The second-order valence-corrected chi connectivity index (χ2v) is 18.7. The van der Waals surface area contributed by atoms with E-state index in [-0.39, 0.29) is 42.7 Å². The van der Waals surface area contributed by atoms with Gasteiger partial charge >= 0.3 is 6.08 Å². The number of para-hydroxylation sites is 2. The molecule has 0 bridgehead atoms. The second-order valence-electron chi connectivity index (χ2n) is 15.6. The van der Waals surface area contributed by atoms with E-state index in [9.17, 15) is 22.8 Å². The summed E-state index contributed by atoms with van der Waals surface area (Å²) in [6.07, 6.45) is 8.40. The minimum Gasteiger partial charge on any atom is -0.445 e. The van der Waals surface area contributed by atoms with Gasteiger partial charge in [0.25, 0.3) is 5.91 Å².